The third-order valence-electron chi connectivity index (χ3n) is 3.16. The Bertz CT molecular complexity index is 788. The van der Waals surface area contributed by atoms with Crippen molar-refractivity contribution in [1.82, 2.24) is 4.98 Å². The maximum Gasteiger partial charge on any atom is 0.289 e. The molecule has 0 bridgehead atoms. The topological polar surface area (TPSA) is 74.7 Å². The van der Waals surface area contributed by atoms with Crippen LogP contribution in [0, 0.1) is 0 Å². The summed E-state index contributed by atoms with van der Waals surface area (Å²) >= 11 is 0. The predicted molar refractivity (Wildman–Crippen MR) is 81.9 cm³/mol. The van der Waals surface area contributed by atoms with Gasteiger partial charge in [-0.05, 0) is 25.1 Å². The summed E-state index contributed by atoms with van der Waals surface area (Å²) in [6, 6.07) is 11.1. The van der Waals surface area contributed by atoms with Crippen LogP contribution in [0.5, 0.6) is 0 Å². The summed E-state index contributed by atoms with van der Waals surface area (Å²) < 4.78 is 28.3. The summed E-state index contributed by atoms with van der Waals surface area (Å²) in [5.41, 5.74) is 1.36. The molecule has 1 N–H and O–H groups in total. The standard InChI is InChI=1S/C14H14N4O2S/c1-2-18(11-6-4-3-5-7-11)14-16-12-8-9-15-10-13(12)21(19,20)17-14/h3-10H,2H2,1H3,(H,16,17). The maximum absolute atomic E-state index is 12.2. The van der Waals surface area contributed by atoms with E-state index in [1.54, 1.807) is 17.2 Å². The summed E-state index contributed by atoms with van der Waals surface area (Å²) in [4.78, 5) is 5.74. The number of para-hydroxylation sites is 1. The number of anilines is 2. The minimum atomic E-state index is -3.73. The van der Waals surface area contributed by atoms with Gasteiger partial charge >= 0.3 is 0 Å². The summed E-state index contributed by atoms with van der Waals surface area (Å²) in [6.45, 7) is 2.53. The van der Waals surface area contributed by atoms with E-state index < -0.39 is 10.0 Å². The number of sulfonamides is 1. The van der Waals surface area contributed by atoms with E-state index in [0.29, 0.717) is 18.2 Å². The molecule has 1 aromatic heterocycles. The highest BCUT2D eigenvalue weighted by Gasteiger charge is 2.27. The monoisotopic (exact) mass is 302 g/mol. The van der Waals surface area contributed by atoms with Crippen LogP contribution < -0.4 is 10.2 Å². The Balaban J connectivity index is 2.06. The smallest absolute Gasteiger partial charge is 0.289 e. The fourth-order valence-corrected chi connectivity index (χ4v) is 3.24. The molecule has 3 rings (SSSR count). The van der Waals surface area contributed by atoms with Gasteiger partial charge < -0.3 is 10.2 Å². The van der Waals surface area contributed by atoms with Gasteiger partial charge in [-0.15, -0.1) is 4.40 Å². The lowest BCUT2D eigenvalue weighted by molar-refractivity contribution is 0.597. The molecule has 0 spiro atoms. The molecule has 0 unspecified atom stereocenters. The van der Waals surface area contributed by atoms with E-state index in [-0.39, 0.29) is 4.90 Å². The molecular weight excluding hydrogens is 288 g/mol. The summed E-state index contributed by atoms with van der Waals surface area (Å²) in [6.07, 6.45) is 2.85. The highest BCUT2D eigenvalue weighted by atomic mass is 32.2. The number of benzene rings is 1. The SMILES string of the molecule is CCN(C1=NS(=O)(=O)c2cnccc2N1)c1ccccc1. The van der Waals surface area contributed by atoms with Gasteiger partial charge in [0.25, 0.3) is 10.0 Å². The van der Waals surface area contributed by atoms with Crippen molar-refractivity contribution in [2.45, 2.75) is 11.8 Å². The van der Waals surface area contributed by atoms with Crippen LogP contribution in [0.25, 0.3) is 0 Å². The van der Waals surface area contributed by atoms with Crippen molar-refractivity contribution in [1.29, 1.82) is 0 Å². The number of aromatic nitrogens is 1. The van der Waals surface area contributed by atoms with Gasteiger partial charge in [-0.3, -0.25) is 4.98 Å². The Morgan fingerprint density at radius 1 is 1.19 bits per heavy atom. The van der Waals surface area contributed by atoms with E-state index in [1.165, 1.54) is 6.20 Å². The number of nitrogens with one attached hydrogen (secondary N) is 1. The van der Waals surface area contributed by atoms with Crippen molar-refractivity contribution < 1.29 is 8.42 Å². The summed E-state index contributed by atoms with van der Waals surface area (Å²) in [7, 11) is -3.73. The van der Waals surface area contributed by atoms with E-state index in [9.17, 15) is 8.42 Å². The molecule has 0 fully saturated rings. The summed E-state index contributed by atoms with van der Waals surface area (Å²) in [5.74, 6) is 0.294. The van der Waals surface area contributed by atoms with Gasteiger partial charge in [0.15, 0.2) is 0 Å². The Labute approximate surface area is 123 Å². The number of fused-ring (bicyclic) bond motifs is 1. The first-order valence-corrected chi connectivity index (χ1v) is 7.94. The number of nitrogens with zero attached hydrogens (tertiary/aromatic N) is 3. The minimum Gasteiger partial charge on any atom is -0.324 e. The van der Waals surface area contributed by atoms with E-state index >= 15 is 0 Å². The molecule has 1 aliphatic rings. The molecule has 0 saturated carbocycles. The van der Waals surface area contributed by atoms with Crippen molar-refractivity contribution >= 4 is 27.4 Å². The van der Waals surface area contributed by atoms with E-state index in [4.69, 9.17) is 0 Å². The molecule has 1 aliphatic heterocycles. The first kappa shape index (κ1) is 13.6. The van der Waals surface area contributed by atoms with Crippen LogP contribution in [-0.4, -0.2) is 25.9 Å². The number of guanidine groups is 1. The fraction of sp³-hybridized carbons (Fsp3) is 0.143. The second-order valence-corrected chi connectivity index (χ2v) is 6.04. The van der Waals surface area contributed by atoms with Crippen LogP contribution in [0.3, 0.4) is 0 Å². The largest absolute Gasteiger partial charge is 0.324 e. The van der Waals surface area contributed by atoms with E-state index in [2.05, 4.69) is 14.7 Å². The summed E-state index contributed by atoms with van der Waals surface area (Å²) in [5, 5.41) is 3.06. The fourth-order valence-electron chi connectivity index (χ4n) is 2.17. The van der Waals surface area contributed by atoms with Crippen molar-refractivity contribution in [3.8, 4) is 0 Å². The molecule has 0 atom stereocenters. The zero-order valence-electron chi connectivity index (χ0n) is 11.4. The Hall–Kier alpha value is -2.41. The third kappa shape index (κ3) is 2.47. The molecule has 0 radical (unpaired) electrons. The Morgan fingerprint density at radius 2 is 1.95 bits per heavy atom. The van der Waals surface area contributed by atoms with Gasteiger partial charge in [-0.1, -0.05) is 18.2 Å². The molecular formula is C14H14N4O2S. The lowest BCUT2D eigenvalue weighted by Crippen LogP contribution is -2.39. The molecule has 0 aliphatic carbocycles. The minimum absolute atomic E-state index is 0.0952. The molecule has 2 heterocycles. The Morgan fingerprint density at radius 3 is 2.67 bits per heavy atom. The highest BCUT2D eigenvalue weighted by Crippen LogP contribution is 2.27. The molecule has 0 saturated heterocycles. The second-order valence-electron chi connectivity index (χ2n) is 4.47. The lowest BCUT2D eigenvalue weighted by Gasteiger charge is -2.28. The predicted octanol–water partition coefficient (Wildman–Crippen LogP) is 2.08. The molecule has 6 nitrogen and oxygen atoms in total. The van der Waals surface area contributed by atoms with Crippen LogP contribution in [0.2, 0.25) is 0 Å². The molecule has 7 heteroatoms. The molecule has 108 valence electrons. The molecule has 0 amide bonds. The van der Waals surface area contributed by atoms with Crippen molar-refractivity contribution in [2.24, 2.45) is 4.40 Å². The third-order valence-corrected chi connectivity index (χ3v) is 4.45. The normalized spacial score (nSPS) is 15.6. The molecule has 2 aromatic rings. The first-order chi connectivity index (χ1) is 10.1. The van der Waals surface area contributed by atoms with Crippen molar-refractivity contribution in [2.75, 3.05) is 16.8 Å². The van der Waals surface area contributed by atoms with Crippen molar-refractivity contribution in [3.63, 3.8) is 0 Å². The molecule has 1 aromatic carbocycles. The van der Waals surface area contributed by atoms with Gasteiger partial charge in [0.1, 0.15) is 4.90 Å². The lowest BCUT2D eigenvalue weighted by atomic mass is 10.3. The van der Waals surface area contributed by atoms with E-state index in [1.807, 2.05) is 37.3 Å². The average Bonchev–Trinajstić information content (AvgIpc) is 2.48. The zero-order valence-corrected chi connectivity index (χ0v) is 12.2. The van der Waals surface area contributed by atoms with Crippen molar-refractivity contribution in [3.05, 3.63) is 48.8 Å². The molecule has 21 heavy (non-hydrogen) atoms. The quantitative estimate of drug-likeness (QED) is 0.919. The second kappa shape index (κ2) is 5.17. The number of hydrogen-bond acceptors (Lipinski definition) is 5. The highest BCUT2D eigenvalue weighted by molar-refractivity contribution is 7.90. The van der Waals surface area contributed by atoms with Gasteiger partial charge in [0.05, 0.1) is 5.69 Å². The number of rotatable bonds is 2. The van der Waals surface area contributed by atoms with Crippen LogP contribution in [-0.2, 0) is 10.0 Å². The zero-order chi connectivity index (χ0) is 14.9. The van der Waals surface area contributed by atoms with Gasteiger partial charge in [-0.25, -0.2) is 0 Å². The Kier molecular flexibility index (Phi) is 3.34. The number of hydrogen-bond donors (Lipinski definition) is 1. The van der Waals surface area contributed by atoms with Gasteiger partial charge in [0, 0.05) is 24.6 Å². The maximum atomic E-state index is 12.2. The number of pyridine rings is 1. The van der Waals surface area contributed by atoms with Crippen LogP contribution in [0.4, 0.5) is 11.4 Å². The van der Waals surface area contributed by atoms with E-state index in [0.717, 1.165) is 5.69 Å². The average molecular weight is 302 g/mol. The van der Waals surface area contributed by atoms with Crippen LogP contribution >= 0.6 is 0 Å². The van der Waals surface area contributed by atoms with Crippen LogP contribution in [0.15, 0.2) is 58.1 Å². The van der Waals surface area contributed by atoms with Crippen LogP contribution in [0.1, 0.15) is 6.92 Å². The van der Waals surface area contributed by atoms with Gasteiger partial charge in [-0.2, -0.15) is 8.42 Å². The first-order valence-electron chi connectivity index (χ1n) is 6.50. The van der Waals surface area contributed by atoms with Gasteiger partial charge in [0.2, 0.25) is 5.96 Å².